The first-order valence-corrected chi connectivity index (χ1v) is 10.0. The average Bonchev–Trinajstić information content (AvgIpc) is 3.33. The van der Waals surface area contributed by atoms with Crippen molar-refractivity contribution in [2.75, 3.05) is 33.7 Å². The lowest BCUT2D eigenvalue weighted by atomic mass is 9.96. The van der Waals surface area contributed by atoms with Crippen molar-refractivity contribution in [3.63, 3.8) is 0 Å². The summed E-state index contributed by atoms with van der Waals surface area (Å²) in [7, 11) is 6.19. The highest BCUT2D eigenvalue weighted by Crippen LogP contribution is 2.28. The van der Waals surface area contributed by atoms with E-state index in [9.17, 15) is 4.79 Å². The maximum atomic E-state index is 13.3. The molecule has 2 aromatic heterocycles. The first-order valence-electron chi connectivity index (χ1n) is 10.0. The maximum Gasteiger partial charge on any atom is 0.254 e. The van der Waals surface area contributed by atoms with E-state index in [1.807, 2.05) is 42.5 Å². The summed E-state index contributed by atoms with van der Waals surface area (Å²) in [5, 5.41) is 1.03. The van der Waals surface area contributed by atoms with Gasteiger partial charge in [0.05, 0.1) is 0 Å². The first-order chi connectivity index (χ1) is 13.5. The van der Waals surface area contributed by atoms with Gasteiger partial charge < -0.3 is 18.9 Å². The van der Waals surface area contributed by atoms with Crippen LogP contribution in [0.5, 0.6) is 0 Å². The molecular formula is C22H29N5O. The lowest BCUT2D eigenvalue weighted by molar-refractivity contribution is 0.0705. The highest BCUT2D eigenvalue weighted by molar-refractivity contribution is 6.06. The van der Waals surface area contributed by atoms with Crippen LogP contribution in [0.25, 0.3) is 10.9 Å². The van der Waals surface area contributed by atoms with Crippen molar-refractivity contribution in [1.82, 2.24) is 23.9 Å². The second-order valence-corrected chi connectivity index (χ2v) is 8.04. The number of rotatable bonds is 5. The van der Waals surface area contributed by atoms with Crippen molar-refractivity contribution in [2.24, 2.45) is 7.05 Å². The predicted molar refractivity (Wildman–Crippen MR) is 112 cm³/mol. The van der Waals surface area contributed by atoms with Crippen molar-refractivity contribution < 1.29 is 4.79 Å². The number of aromatic nitrogens is 3. The molecule has 0 aliphatic carbocycles. The van der Waals surface area contributed by atoms with Gasteiger partial charge in [-0.25, -0.2) is 4.98 Å². The van der Waals surface area contributed by atoms with Crippen LogP contribution in [0.2, 0.25) is 0 Å². The Labute approximate surface area is 166 Å². The van der Waals surface area contributed by atoms with Crippen molar-refractivity contribution in [1.29, 1.82) is 0 Å². The maximum absolute atomic E-state index is 13.3. The number of carbonyl (C=O) groups excluding carboxylic acids is 1. The fourth-order valence-corrected chi connectivity index (χ4v) is 4.21. The molecule has 1 aliphatic rings. The van der Waals surface area contributed by atoms with E-state index in [1.165, 1.54) is 0 Å². The zero-order chi connectivity index (χ0) is 19.7. The molecule has 6 heteroatoms. The van der Waals surface area contributed by atoms with E-state index < -0.39 is 0 Å². The smallest absolute Gasteiger partial charge is 0.254 e. The Kier molecular flexibility index (Phi) is 5.22. The van der Waals surface area contributed by atoms with E-state index in [1.54, 1.807) is 0 Å². The van der Waals surface area contributed by atoms with Crippen LogP contribution in [0.1, 0.15) is 34.9 Å². The van der Waals surface area contributed by atoms with Crippen molar-refractivity contribution >= 4 is 16.8 Å². The lowest BCUT2D eigenvalue weighted by Crippen LogP contribution is -2.40. The summed E-state index contributed by atoms with van der Waals surface area (Å²) in [6, 6.07) is 8.03. The van der Waals surface area contributed by atoms with Crippen LogP contribution in [-0.4, -0.2) is 63.6 Å². The molecule has 1 atom stereocenters. The third-order valence-electron chi connectivity index (χ3n) is 5.77. The molecule has 0 spiro atoms. The van der Waals surface area contributed by atoms with Crippen LogP contribution in [0, 0.1) is 0 Å². The number of likely N-dealkylation sites (tertiary alicyclic amines) is 1. The summed E-state index contributed by atoms with van der Waals surface area (Å²) >= 11 is 0. The van der Waals surface area contributed by atoms with E-state index in [0.29, 0.717) is 5.92 Å². The minimum atomic E-state index is 0.132. The highest BCUT2D eigenvalue weighted by Gasteiger charge is 2.28. The molecule has 1 amide bonds. The zero-order valence-corrected chi connectivity index (χ0v) is 17.0. The second-order valence-electron chi connectivity index (χ2n) is 8.04. The highest BCUT2D eigenvalue weighted by atomic mass is 16.2. The normalized spacial score (nSPS) is 17.6. The minimum Gasteiger partial charge on any atom is -0.351 e. The van der Waals surface area contributed by atoms with Crippen LogP contribution in [0.4, 0.5) is 0 Å². The molecule has 0 radical (unpaired) electrons. The van der Waals surface area contributed by atoms with Gasteiger partial charge in [0.1, 0.15) is 5.82 Å². The molecule has 1 aliphatic heterocycles. The van der Waals surface area contributed by atoms with E-state index in [4.69, 9.17) is 0 Å². The Hall–Kier alpha value is -2.60. The zero-order valence-electron chi connectivity index (χ0n) is 17.0. The van der Waals surface area contributed by atoms with Gasteiger partial charge in [0.15, 0.2) is 0 Å². The van der Waals surface area contributed by atoms with Gasteiger partial charge in [0.2, 0.25) is 0 Å². The summed E-state index contributed by atoms with van der Waals surface area (Å²) in [5.41, 5.74) is 1.90. The third-order valence-corrected chi connectivity index (χ3v) is 5.77. The molecule has 1 fully saturated rings. The molecule has 1 aromatic carbocycles. The van der Waals surface area contributed by atoms with Gasteiger partial charge in [-0.1, -0.05) is 6.07 Å². The van der Waals surface area contributed by atoms with Gasteiger partial charge in [0, 0.05) is 74.2 Å². The Balaban J connectivity index is 1.54. The Bertz CT molecular complexity index is 970. The van der Waals surface area contributed by atoms with Gasteiger partial charge >= 0.3 is 0 Å². The summed E-state index contributed by atoms with van der Waals surface area (Å²) in [6.45, 7) is 3.46. The van der Waals surface area contributed by atoms with Crippen molar-refractivity contribution in [3.8, 4) is 0 Å². The summed E-state index contributed by atoms with van der Waals surface area (Å²) < 4.78 is 4.31. The number of hydrogen-bond acceptors (Lipinski definition) is 3. The summed E-state index contributed by atoms with van der Waals surface area (Å²) in [6.07, 6.45) is 8.06. The fraction of sp³-hybridized carbons (Fsp3) is 0.455. The van der Waals surface area contributed by atoms with Crippen LogP contribution in [0.15, 0.2) is 42.9 Å². The number of benzene rings is 1. The van der Waals surface area contributed by atoms with Gasteiger partial charge in [-0.15, -0.1) is 0 Å². The molecule has 28 heavy (non-hydrogen) atoms. The van der Waals surface area contributed by atoms with Gasteiger partial charge in [-0.05, 0) is 45.1 Å². The Morgan fingerprint density at radius 3 is 2.93 bits per heavy atom. The average molecular weight is 380 g/mol. The van der Waals surface area contributed by atoms with Gasteiger partial charge in [-0.2, -0.15) is 0 Å². The van der Waals surface area contributed by atoms with Crippen LogP contribution < -0.4 is 0 Å². The third kappa shape index (κ3) is 3.56. The topological polar surface area (TPSA) is 46.3 Å². The van der Waals surface area contributed by atoms with E-state index in [0.717, 1.165) is 61.3 Å². The van der Waals surface area contributed by atoms with Crippen molar-refractivity contribution in [3.05, 3.63) is 54.2 Å². The van der Waals surface area contributed by atoms with Crippen LogP contribution in [0.3, 0.4) is 0 Å². The summed E-state index contributed by atoms with van der Waals surface area (Å²) in [5.74, 6) is 1.54. The number of imidazole rings is 1. The largest absolute Gasteiger partial charge is 0.351 e. The molecule has 0 bridgehead atoms. The van der Waals surface area contributed by atoms with E-state index in [2.05, 4.69) is 45.4 Å². The quantitative estimate of drug-likeness (QED) is 0.685. The predicted octanol–water partition coefficient (Wildman–Crippen LogP) is 2.96. The number of likely N-dealkylation sites (N-methyl/N-ethyl adjacent to an activating group) is 1. The number of nitrogens with zero attached hydrogens (tertiary/aromatic N) is 5. The number of fused-ring (bicyclic) bond motifs is 1. The van der Waals surface area contributed by atoms with E-state index >= 15 is 0 Å². The molecule has 6 nitrogen and oxygen atoms in total. The fourth-order valence-electron chi connectivity index (χ4n) is 4.21. The second kappa shape index (κ2) is 7.80. The van der Waals surface area contributed by atoms with Gasteiger partial charge in [-0.3, -0.25) is 4.79 Å². The summed E-state index contributed by atoms with van der Waals surface area (Å²) in [4.78, 5) is 22.2. The molecule has 148 valence electrons. The molecule has 0 saturated carbocycles. The molecule has 0 unspecified atom stereocenters. The molecule has 3 aromatic rings. The number of hydrogen-bond donors (Lipinski definition) is 0. The van der Waals surface area contributed by atoms with E-state index in [-0.39, 0.29) is 5.91 Å². The standard InChI is InChI=1S/C22H29N5O/c1-24(2)14-15-26-13-10-23-21(26)17-6-5-11-27(16-17)22(28)19-7-4-8-20-18(19)9-12-25(20)3/h4,7-10,12-13,17H,5-6,11,14-16H2,1-3H3/t17-/m0/s1. The van der Waals surface area contributed by atoms with Crippen molar-refractivity contribution in [2.45, 2.75) is 25.3 Å². The molecular weight excluding hydrogens is 350 g/mol. The van der Waals surface area contributed by atoms with Crippen LogP contribution >= 0.6 is 0 Å². The molecule has 1 saturated heterocycles. The number of carbonyl (C=O) groups is 1. The first kappa shape index (κ1) is 18.7. The monoisotopic (exact) mass is 379 g/mol. The SMILES string of the molecule is CN(C)CCn1ccnc1[C@H]1CCCN(C(=O)c2cccc3c2ccn3C)C1. The Morgan fingerprint density at radius 1 is 1.25 bits per heavy atom. The molecule has 3 heterocycles. The minimum absolute atomic E-state index is 0.132. The van der Waals surface area contributed by atoms with Crippen LogP contribution in [-0.2, 0) is 13.6 Å². The molecule has 0 N–H and O–H groups in total. The molecule has 4 rings (SSSR count). The number of aryl methyl sites for hydroxylation is 1. The lowest BCUT2D eigenvalue weighted by Gasteiger charge is -2.33. The Morgan fingerprint density at radius 2 is 2.11 bits per heavy atom. The number of amides is 1. The number of piperidine rings is 1. The van der Waals surface area contributed by atoms with Gasteiger partial charge in [0.25, 0.3) is 5.91 Å².